The van der Waals surface area contributed by atoms with Crippen molar-refractivity contribution in [3.63, 3.8) is 0 Å². The standard InChI is InChI=1S/C14H20N2/c1-2-3-11-16(13-9-10-13)14(15)12-7-5-4-6-8-12/h4-8,13,15H,2-3,9-11H2,1H3. The summed E-state index contributed by atoms with van der Waals surface area (Å²) in [5.41, 5.74) is 1.05. The summed E-state index contributed by atoms with van der Waals surface area (Å²) >= 11 is 0. The number of hydrogen-bond acceptors (Lipinski definition) is 1. The Morgan fingerprint density at radius 3 is 2.56 bits per heavy atom. The van der Waals surface area contributed by atoms with Crippen molar-refractivity contribution in [3.05, 3.63) is 35.9 Å². The van der Waals surface area contributed by atoms with Crippen LogP contribution in [0.25, 0.3) is 0 Å². The third-order valence-electron chi connectivity index (χ3n) is 3.07. The lowest BCUT2D eigenvalue weighted by molar-refractivity contribution is 0.397. The fourth-order valence-electron chi connectivity index (χ4n) is 1.95. The first-order chi connectivity index (χ1) is 7.83. The molecule has 1 fully saturated rings. The van der Waals surface area contributed by atoms with Crippen molar-refractivity contribution >= 4 is 5.84 Å². The summed E-state index contributed by atoms with van der Waals surface area (Å²) in [6.07, 6.45) is 4.91. The van der Waals surface area contributed by atoms with Crippen molar-refractivity contribution < 1.29 is 0 Å². The molecule has 16 heavy (non-hydrogen) atoms. The van der Waals surface area contributed by atoms with E-state index in [-0.39, 0.29) is 0 Å². The van der Waals surface area contributed by atoms with Gasteiger partial charge in [-0.25, -0.2) is 0 Å². The molecular formula is C14H20N2. The zero-order valence-electron chi connectivity index (χ0n) is 9.95. The van der Waals surface area contributed by atoms with E-state index in [0.29, 0.717) is 11.9 Å². The highest BCUT2D eigenvalue weighted by atomic mass is 15.2. The summed E-state index contributed by atoms with van der Waals surface area (Å²) in [6.45, 7) is 3.24. The van der Waals surface area contributed by atoms with Crippen molar-refractivity contribution in [1.29, 1.82) is 5.41 Å². The van der Waals surface area contributed by atoms with E-state index in [1.807, 2.05) is 30.3 Å². The van der Waals surface area contributed by atoms with Gasteiger partial charge < -0.3 is 4.90 Å². The fraction of sp³-hybridized carbons (Fsp3) is 0.500. The van der Waals surface area contributed by atoms with E-state index in [2.05, 4.69) is 11.8 Å². The number of nitrogens with one attached hydrogen (secondary N) is 1. The summed E-state index contributed by atoms with van der Waals surface area (Å²) in [7, 11) is 0. The maximum Gasteiger partial charge on any atom is 0.128 e. The van der Waals surface area contributed by atoms with Crippen molar-refractivity contribution in [2.75, 3.05) is 6.54 Å². The molecule has 0 unspecified atom stereocenters. The molecule has 2 heteroatoms. The molecule has 0 heterocycles. The third-order valence-corrected chi connectivity index (χ3v) is 3.07. The van der Waals surface area contributed by atoms with Crippen LogP contribution in [0, 0.1) is 5.41 Å². The molecule has 2 rings (SSSR count). The van der Waals surface area contributed by atoms with Crippen LogP contribution in [-0.2, 0) is 0 Å². The Bertz CT molecular complexity index is 341. The van der Waals surface area contributed by atoms with Crippen LogP contribution in [0.2, 0.25) is 0 Å². The molecule has 1 saturated carbocycles. The van der Waals surface area contributed by atoms with Gasteiger partial charge in [0.25, 0.3) is 0 Å². The Labute approximate surface area is 97.8 Å². The van der Waals surface area contributed by atoms with Crippen LogP contribution >= 0.6 is 0 Å². The molecule has 1 aromatic rings. The highest BCUT2D eigenvalue weighted by Crippen LogP contribution is 2.28. The maximum atomic E-state index is 8.26. The molecular weight excluding hydrogens is 196 g/mol. The second kappa shape index (κ2) is 5.15. The van der Waals surface area contributed by atoms with Crippen LogP contribution in [0.1, 0.15) is 38.2 Å². The lowest BCUT2D eigenvalue weighted by Gasteiger charge is -2.25. The summed E-state index contributed by atoms with van der Waals surface area (Å²) in [6, 6.07) is 10.7. The smallest absolute Gasteiger partial charge is 0.128 e. The maximum absolute atomic E-state index is 8.26. The van der Waals surface area contributed by atoms with Crippen molar-refractivity contribution in [2.24, 2.45) is 0 Å². The Kier molecular flexibility index (Phi) is 3.60. The minimum Gasteiger partial charge on any atom is -0.354 e. The summed E-state index contributed by atoms with van der Waals surface area (Å²) in [5, 5.41) is 8.26. The number of nitrogens with zero attached hydrogens (tertiary/aromatic N) is 1. The van der Waals surface area contributed by atoms with Crippen LogP contribution in [-0.4, -0.2) is 23.3 Å². The molecule has 0 saturated heterocycles. The summed E-state index contributed by atoms with van der Waals surface area (Å²) in [5.74, 6) is 0.705. The average molecular weight is 216 g/mol. The van der Waals surface area contributed by atoms with Gasteiger partial charge in [0.1, 0.15) is 5.84 Å². The number of unbranched alkanes of at least 4 members (excludes halogenated alkanes) is 1. The molecule has 1 N–H and O–H groups in total. The Morgan fingerprint density at radius 1 is 1.31 bits per heavy atom. The Morgan fingerprint density at radius 2 is 2.00 bits per heavy atom. The van der Waals surface area contributed by atoms with Crippen LogP contribution in [0.4, 0.5) is 0 Å². The van der Waals surface area contributed by atoms with E-state index >= 15 is 0 Å². The van der Waals surface area contributed by atoms with Gasteiger partial charge >= 0.3 is 0 Å². The molecule has 86 valence electrons. The molecule has 1 aliphatic rings. The first kappa shape index (κ1) is 11.2. The molecule has 0 aromatic heterocycles. The zero-order valence-corrected chi connectivity index (χ0v) is 9.95. The number of amidine groups is 1. The lowest BCUT2D eigenvalue weighted by atomic mass is 10.2. The molecule has 1 aromatic carbocycles. The van der Waals surface area contributed by atoms with Gasteiger partial charge in [-0.2, -0.15) is 0 Å². The second-order valence-corrected chi connectivity index (χ2v) is 4.49. The van der Waals surface area contributed by atoms with Gasteiger partial charge in [-0.3, -0.25) is 5.41 Å². The van der Waals surface area contributed by atoms with E-state index in [1.54, 1.807) is 0 Å². The predicted molar refractivity (Wildman–Crippen MR) is 67.9 cm³/mol. The molecule has 0 spiro atoms. The van der Waals surface area contributed by atoms with Gasteiger partial charge in [0.2, 0.25) is 0 Å². The molecule has 0 radical (unpaired) electrons. The highest BCUT2D eigenvalue weighted by molar-refractivity contribution is 5.96. The van der Waals surface area contributed by atoms with Gasteiger partial charge in [0.05, 0.1) is 0 Å². The van der Waals surface area contributed by atoms with Gasteiger partial charge in [-0.05, 0) is 19.3 Å². The monoisotopic (exact) mass is 216 g/mol. The first-order valence-electron chi connectivity index (χ1n) is 6.23. The molecule has 1 aliphatic carbocycles. The third kappa shape index (κ3) is 2.63. The van der Waals surface area contributed by atoms with Crippen molar-refractivity contribution in [3.8, 4) is 0 Å². The molecule has 2 nitrogen and oxygen atoms in total. The van der Waals surface area contributed by atoms with Crippen LogP contribution in [0.5, 0.6) is 0 Å². The van der Waals surface area contributed by atoms with E-state index in [9.17, 15) is 0 Å². The second-order valence-electron chi connectivity index (χ2n) is 4.49. The normalized spacial score (nSPS) is 14.8. The number of benzene rings is 1. The minimum atomic E-state index is 0.638. The summed E-state index contributed by atoms with van der Waals surface area (Å²) < 4.78 is 0. The molecule has 0 amide bonds. The van der Waals surface area contributed by atoms with Gasteiger partial charge in [-0.15, -0.1) is 0 Å². The van der Waals surface area contributed by atoms with Crippen LogP contribution in [0.3, 0.4) is 0 Å². The topological polar surface area (TPSA) is 27.1 Å². The lowest BCUT2D eigenvalue weighted by Crippen LogP contribution is -2.33. The zero-order chi connectivity index (χ0) is 11.4. The van der Waals surface area contributed by atoms with E-state index in [1.165, 1.54) is 25.7 Å². The van der Waals surface area contributed by atoms with Crippen molar-refractivity contribution in [1.82, 2.24) is 4.90 Å². The first-order valence-corrected chi connectivity index (χ1v) is 6.23. The predicted octanol–water partition coefficient (Wildman–Crippen LogP) is 3.28. The SMILES string of the molecule is CCCCN(C(=N)c1ccccc1)C1CC1. The largest absolute Gasteiger partial charge is 0.354 e. The molecule has 0 atom stereocenters. The molecule has 0 aliphatic heterocycles. The minimum absolute atomic E-state index is 0.638. The van der Waals surface area contributed by atoms with E-state index in [4.69, 9.17) is 5.41 Å². The quantitative estimate of drug-likeness (QED) is 0.593. The number of rotatable bonds is 5. The van der Waals surface area contributed by atoms with Crippen LogP contribution < -0.4 is 0 Å². The fourth-order valence-corrected chi connectivity index (χ4v) is 1.95. The average Bonchev–Trinajstić information content (AvgIpc) is 3.15. The van der Waals surface area contributed by atoms with E-state index in [0.717, 1.165) is 12.1 Å². The number of hydrogen-bond donors (Lipinski definition) is 1. The van der Waals surface area contributed by atoms with Gasteiger partial charge in [-0.1, -0.05) is 43.7 Å². The van der Waals surface area contributed by atoms with Crippen LogP contribution in [0.15, 0.2) is 30.3 Å². The molecule has 0 bridgehead atoms. The summed E-state index contributed by atoms with van der Waals surface area (Å²) in [4.78, 5) is 2.28. The van der Waals surface area contributed by atoms with Gasteiger partial charge in [0, 0.05) is 18.2 Å². The van der Waals surface area contributed by atoms with Crippen molar-refractivity contribution in [2.45, 2.75) is 38.6 Å². The van der Waals surface area contributed by atoms with Gasteiger partial charge in [0.15, 0.2) is 0 Å². The Hall–Kier alpha value is -1.31. The van der Waals surface area contributed by atoms with E-state index < -0.39 is 0 Å². The highest BCUT2D eigenvalue weighted by Gasteiger charge is 2.30. The Balaban J connectivity index is 2.05.